The summed E-state index contributed by atoms with van der Waals surface area (Å²) in [4.78, 5) is 17.7. The van der Waals surface area contributed by atoms with Crippen LogP contribution in [0.5, 0.6) is 0 Å². The van der Waals surface area contributed by atoms with Gasteiger partial charge in [0.2, 0.25) is 0 Å². The highest BCUT2D eigenvalue weighted by Gasteiger charge is 2.21. The number of halogens is 4. The monoisotopic (exact) mass is 286 g/mol. The topological polar surface area (TPSA) is 63.1 Å². The minimum absolute atomic E-state index is 0.0391. The third-order valence-electron chi connectivity index (χ3n) is 2.43. The fourth-order valence-corrected chi connectivity index (χ4v) is 1.50. The summed E-state index contributed by atoms with van der Waals surface area (Å²) in [5.41, 5.74) is -1.76. The van der Waals surface area contributed by atoms with Crippen LogP contribution in [0.15, 0.2) is 24.4 Å². The van der Waals surface area contributed by atoms with Crippen molar-refractivity contribution in [3.63, 3.8) is 0 Å². The molecule has 1 aromatic heterocycles. The van der Waals surface area contributed by atoms with Crippen molar-refractivity contribution in [1.29, 1.82) is 0 Å². The summed E-state index contributed by atoms with van der Waals surface area (Å²) in [6, 6.07) is 2.63. The Morgan fingerprint density at radius 3 is 2.45 bits per heavy atom. The van der Waals surface area contributed by atoms with Crippen LogP contribution in [-0.2, 0) is 0 Å². The van der Waals surface area contributed by atoms with Gasteiger partial charge >= 0.3 is 5.97 Å². The van der Waals surface area contributed by atoms with E-state index in [0.717, 1.165) is 18.2 Å². The molecule has 0 unspecified atom stereocenters. The average molecular weight is 286 g/mol. The Morgan fingerprint density at radius 2 is 1.90 bits per heavy atom. The Balaban J connectivity index is 2.55. The van der Waals surface area contributed by atoms with Gasteiger partial charge in [-0.25, -0.2) is 32.3 Å². The lowest BCUT2D eigenvalue weighted by Gasteiger charge is -2.07. The number of carboxylic acid groups (broad SMARTS) is 1. The van der Waals surface area contributed by atoms with Crippen molar-refractivity contribution in [2.24, 2.45) is 0 Å². The molecule has 1 N–H and O–H groups in total. The largest absolute Gasteiger partial charge is 0.478 e. The summed E-state index contributed by atoms with van der Waals surface area (Å²) in [7, 11) is 0. The molecule has 0 radical (unpaired) electrons. The molecule has 2 aromatic rings. The van der Waals surface area contributed by atoms with Gasteiger partial charge in [-0.15, -0.1) is 0 Å². The molecule has 4 nitrogen and oxygen atoms in total. The predicted octanol–water partition coefficient (Wildman–Crippen LogP) is 3.06. The second-order valence-corrected chi connectivity index (χ2v) is 3.73. The highest BCUT2D eigenvalue weighted by atomic mass is 19.3. The van der Waals surface area contributed by atoms with E-state index in [1.54, 1.807) is 0 Å². The Kier molecular flexibility index (Phi) is 3.64. The first kappa shape index (κ1) is 13.9. The summed E-state index contributed by atoms with van der Waals surface area (Å²) in [6.07, 6.45) is -2.43. The van der Waals surface area contributed by atoms with Gasteiger partial charge in [0.25, 0.3) is 6.43 Å². The number of aromatic carboxylic acids is 1. The zero-order valence-electron chi connectivity index (χ0n) is 9.65. The molecule has 0 saturated heterocycles. The summed E-state index contributed by atoms with van der Waals surface area (Å²) in [6.45, 7) is 0. The Labute approximate surface area is 109 Å². The number of nitrogens with zero attached hydrogens (tertiary/aromatic N) is 2. The molecular weight excluding hydrogens is 280 g/mol. The Hall–Kier alpha value is -2.51. The number of benzene rings is 1. The van der Waals surface area contributed by atoms with Gasteiger partial charge in [-0.3, -0.25) is 0 Å². The normalized spacial score (nSPS) is 10.8. The molecule has 0 atom stereocenters. The fourth-order valence-electron chi connectivity index (χ4n) is 1.50. The van der Waals surface area contributed by atoms with Gasteiger partial charge in [-0.05, 0) is 18.2 Å². The van der Waals surface area contributed by atoms with Gasteiger partial charge in [0.05, 0.1) is 0 Å². The van der Waals surface area contributed by atoms with E-state index < -0.39 is 35.3 Å². The van der Waals surface area contributed by atoms with Gasteiger partial charge in [0.1, 0.15) is 11.3 Å². The van der Waals surface area contributed by atoms with Gasteiger partial charge < -0.3 is 5.11 Å². The van der Waals surface area contributed by atoms with Crippen LogP contribution in [-0.4, -0.2) is 21.0 Å². The van der Waals surface area contributed by atoms with Gasteiger partial charge in [0, 0.05) is 11.8 Å². The molecular formula is C12H6F4N2O2. The van der Waals surface area contributed by atoms with Crippen molar-refractivity contribution in [2.45, 2.75) is 6.43 Å². The molecule has 20 heavy (non-hydrogen) atoms. The smallest absolute Gasteiger partial charge is 0.339 e. The van der Waals surface area contributed by atoms with Crippen molar-refractivity contribution < 1.29 is 27.5 Å². The van der Waals surface area contributed by atoms with E-state index >= 15 is 0 Å². The van der Waals surface area contributed by atoms with Crippen LogP contribution in [0.4, 0.5) is 17.6 Å². The quantitative estimate of drug-likeness (QED) is 0.881. The maximum Gasteiger partial charge on any atom is 0.339 e. The fraction of sp³-hybridized carbons (Fsp3) is 0.0833. The van der Waals surface area contributed by atoms with E-state index in [1.807, 2.05) is 0 Å². The third-order valence-corrected chi connectivity index (χ3v) is 2.43. The molecule has 104 valence electrons. The molecule has 0 aliphatic rings. The number of aromatic nitrogens is 2. The van der Waals surface area contributed by atoms with E-state index in [4.69, 9.17) is 5.11 Å². The summed E-state index contributed by atoms with van der Waals surface area (Å²) in [5.74, 6) is -4.21. The molecule has 2 rings (SSSR count). The first-order chi connectivity index (χ1) is 9.40. The molecule has 0 saturated carbocycles. The average Bonchev–Trinajstić information content (AvgIpc) is 2.41. The highest BCUT2D eigenvalue weighted by molar-refractivity contribution is 5.88. The molecule has 1 heterocycles. The van der Waals surface area contributed by atoms with E-state index in [2.05, 4.69) is 9.97 Å². The molecule has 1 aromatic carbocycles. The second kappa shape index (κ2) is 5.24. The lowest BCUT2D eigenvalue weighted by Crippen LogP contribution is -2.08. The number of hydrogen-bond donors (Lipinski definition) is 1. The number of carboxylic acids is 1. The molecule has 0 fully saturated rings. The lowest BCUT2D eigenvalue weighted by atomic mass is 10.1. The zero-order chi connectivity index (χ0) is 14.9. The maximum absolute atomic E-state index is 13.1. The van der Waals surface area contributed by atoms with Crippen molar-refractivity contribution in [3.05, 3.63) is 47.3 Å². The van der Waals surface area contributed by atoms with Gasteiger partial charge in [-0.2, -0.15) is 0 Å². The second-order valence-electron chi connectivity index (χ2n) is 3.73. The third kappa shape index (κ3) is 2.58. The Morgan fingerprint density at radius 1 is 1.20 bits per heavy atom. The van der Waals surface area contributed by atoms with Crippen LogP contribution in [0.1, 0.15) is 22.5 Å². The number of alkyl halides is 2. The Bertz CT molecular complexity index is 677. The van der Waals surface area contributed by atoms with Crippen LogP contribution in [0.2, 0.25) is 0 Å². The van der Waals surface area contributed by atoms with Crippen molar-refractivity contribution >= 4 is 5.97 Å². The maximum atomic E-state index is 13.1. The van der Waals surface area contributed by atoms with Crippen LogP contribution >= 0.6 is 0 Å². The molecule has 0 bridgehead atoms. The summed E-state index contributed by atoms with van der Waals surface area (Å²) < 4.78 is 51.3. The first-order valence-electron chi connectivity index (χ1n) is 5.24. The van der Waals surface area contributed by atoms with E-state index in [9.17, 15) is 22.4 Å². The molecule has 8 heteroatoms. The van der Waals surface area contributed by atoms with Crippen molar-refractivity contribution in [2.75, 3.05) is 0 Å². The van der Waals surface area contributed by atoms with Crippen LogP contribution in [0.3, 0.4) is 0 Å². The van der Waals surface area contributed by atoms with Gasteiger partial charge in [0.15, 0.2) is 17.5 Å². The molecule has 0 aliphatic heterocycles. The number of rotatable bonds is 3. The van der Waals surface area contributed by atoms with Crippen LogP contribution in [0.25, 0.3) is 11.4 Å². The minimum atomic E-state index is -3.13. The molecule has 0 spiro atoms. The van der Waals surface area contributed by atoms with E-state index in [1.165, 1.54) is 0 Å². The van der Waals surface area contributed by atoms with E-state index in [-0.39, 0.29) is 11.4 Å². The molecule has 0 aliphatic carbocycles. The minimum Gasteiger partial charge on any atom is -0.478 e. The SMILES string of the molecule is O=C(O)c1cnc(-c2ccc(F)c(F)c2)nc1C(F)F. The standard InChI is InChI=1S/C12H6F4N2O2/c13-7-2-1-5(3-8(7)14)11-17-4-6(12(19)20)9(18-11)10(15)16/h1-4,10H,(H,19,20). The summed E-state index contributed by atoms with van der Waals surface area (Å²) >= 11 is 0. The van der Waals surface area contributed by atoms with Crippen LogP contribution < -0.4 is 0 Å². The molecule has 0 amide bonds. The van der Waals surface area contributed by atoms with E-state index in [0.29, 0.717) is 6.20 Å². The van der Waals surface area contributed by atoms with Crippen molar-refractivity contribution in [3.8, 4) is 11.4 Å². The number of hydrogen-bond acceptors (Lipinski definition) is 3. The van der Waals surface area contributed by atoms with Crippen molar-refractivity contribution in [1.82, 2.24) is 9.97 Å². The zero-order valence-corrected chi connectivity index (χ0v) is 9.65. The summed E-state index contributed by atoms with van der Waals surface area (Å²) in [5, 5.41) is 8.73. The highest BCUT2D eigenvalue weighted by Crippen LogP contribution is 2.24. The first-order valence-corrected chi connectivity index (χ1v) is 5.24. The number of carbonyl (C=O) groups is 1. The lowest BCUT2D eigenvalue weighted by molar-refractivity contribution is 0.0681. The van der Waals surface area contributed by atoms with Crippen LogP contribution in [0, 0.1) is 11.6 Å². The predicted molar refractivity (Wildman–Crippen MR) is 59.3 cm³/mol. The van der Waals surface area contributed by atoms with Gasteiger partial charge in [-0.1, -0.05) is 0 Å².